The zero-order valence-electron chi connectivity index (χ0n) is 17.4. The first kappa shape index (κ1) is 20.5. The van der Waals surface area contributed by atoms with E-state index in [4.69, 9.17) is 4.74 Å². The van der Waals surface area contributed by atoms with Gasteiger partial charge in [-0.15, -0.1) is 0 Å². The summed E-state index contributed by atoms with van der Waals surface area (Å²) >= 11 is 0. The second kappa shape index (κ2) is 8.15. The Labute approximate surface area is 179 Å². The van der Waals surface area contributed by atoms with Crippen LogP contribution in [0.5, 0.6) is 11.5 Å². The van der Waals surface area contributed by atoms with Gasteiger partial charge in [-0.2, -0.15) is 0 Å². The molecule has 30 heavy (non-hydrogen) atoms. The lowest BCUT2D eigenvalue weighted by atomic mass is 9.99. The molecule has 0 saturated carbocycles. The molecule has 0 N–H and O–H groups in total. The van der Waals surface area contributed by atoms with Gasteiger partial charge in [0.1, 0.15) is 11.5 Å². The number of para-hydroxylation sites is 2. The van der Waals surface area contributed by atoms with Crippen LogP contribution in [0.2, 0.25) is 0 Å². The first-order valence-electron chi connectivity index (χ1n) is 10.3. The van der Waals surface area contributed by atoms with Crippen LogP contribution in [0.3, 0.4) is 0 Å². The van der Waals surface area contributed by atoms with Gasteiger partial charge in [0.2, 0.25) is 0 Å². The second-order valence-corrected chi connectivity index (χ2v) is 10.4. The van der Waals surface area contributed by atoms with Crippen LogP contribution in [0, 0.1) is 0 Å². The van der Waals surface area contributed by atoms with E-state index in [2.05, 4.69) is 36.9 Å². The Hall–Kier alpha value is -2.79. The molecule has 1 heterocycles. The Morgan fingerprint density at radius 3 is 2.23 bits per heavy atom. The van der Waals surface area contributed by atoms with E-state index >= 15 is 0 Å². The van der Waals surface area contributed by atoms with Crippen molar-refractivity contribution in [1.82, 2.24) is 0 Å². The normalized spacial score (nSPS) is 13.9. The average Bonchev–Trinajstić information content (AvgIpc) is 3.19. The molecule has 0 aliphatic carbocycles. The van der Waals surface area contributed by atoms with E-state index in [1.54, 1.807) is 24.3 Å². The van der Waals surface area contributed by atoms with Gasteiger partial charge in [-0.25, -0.2) is 8.42 Å². The molecule has 3 aromatic rings. The lowest BCUT2D eigenvalue weighted by molar-refractivity contribution is 0.453. The number of benzene rings is 3. The van der Waals surface area contributed by atoms with Crippen LogP contribution in [0.15, 0.2) is 83.8 Å². The third-order valence-corrected chi connectivity index (χ3v) is 7.49. The molecular formula is C25H27NO3S. The highest BCUT2D eigenvalue weighted by Gasteiger charge is 2.33. The van der Waals surface area contributed by atoms with Crippen molar-refractivity contribution in [3.05, 3.63) is 84.4 Å². The van der Waals surface area contributed by atoms with Gasteiger partial charge in [0.15, 0.2) is 9.84 Å². The molecule has 0 unspecified atom stereocenters. The van der Waals surface area contributed by atoms with E-state index in [0.29, 0.717) is 17.1 Å². The average molecular weight is 422 g/mol. The van der Waals surface area contributed by atoms with Crippen molar-refractivity contribution in [3.8, 4) is 11.5 Å². The number of nitrogens with zero attached hydrogens (tertiary/aromatic N) is 1. The van der Waals surface area contributed by atoms with Crippen molar-refractivity contribution in [2.24, 2.45) is 0 Å². The maximum Gasteiger partial charge on any atom is 0.178 e. The minimum Gasteiger partial charge on any atom is -0.457 e. The lowest BCUT2D eigenvalue weighted by Crippen LogP contribution is -2.44. The Morgan fingerprint density at radius 1 is 0.867 bits per heavy atom. The number of hydrogen-bond acceptors (Lipinski definition) is 4. The van der Waals surface area contributed by atoms with Crippen LogP contribution in [-0.2, 0) is 16.3 Å². The fourth-order valence-electron chi connectivity index (χ4n) is 3.94. The Balaban J connectivity index is 1.43. The molecule has 0 radical (unpaired) electrons. The molecule has 0 atom stereocenters. The molecule has 3 aromatic carbocycles. The Bertz CT molecular complexity index is 1110. The fourth-order valence-corrected chi connectivity index (χ4v) is 5.50. The molecule has 0 saturated heterocycles. The van der Waals surface area contributed by atoms with Crippen LogP contribution in [-0.4, -0.2) is 26.3 Å². The molecule has 0 fully saturated rings. The maximum absolute atomic E-state index is 12.9. The van der Waals surface area contributed by atoms with E-state index in [1.807, 2.05) is 36.4 Å². The van der Waals surface area contributed by atoms with Crippen LogP contribution in [0.25, 0.3) is 0 Å². The van der Waals surface area contributed by atoms with E-state index < -0.39 is 9.84 Å². The highest BCUT2D eigenvalue weighted by molar-refractivity contribution is 7.91. The molecule has 0 bridgehead atoms. The summed E-state index contributed by atoms with van der Waals surface area (Å²) in [5, 5.41) is 0. The van der Waals surface area contributed by atoms with Crippen molar-refractivity contribution in [2.45, 2.75) is 37.1 Å². The number of anilines is 1. The van der Waals surface area contributed by atoms with Gasteiger partial charge < -0.3 is 9.64 Å². The van der Waals surface area contributed by atoms with Gasteiger partial charge in [-0.05, 0) is 74.7 Å². The van der Waals surface area contributed by atoms with Gasteiger partial charge in [0.05, 0.1) is 10.6 Å². The third kappa shape index (κ3) is 4.36. The Morgan fingerprint density at radius 2 is 1.50 bits per heavy atom. The van der Waals surface area contributed by atoms with E-state index in [9.17, 15) is 8.42 Å². The minimum absolute atomic E-state index is 0.109. The lowest BCUT2D eigenvalue weighted by Gasteiger charge is -2.38. The van der Waals surface area contributed by atoms with Gasteiger partial charge in [-0.3, -0.25) is 0 Å². The standard InChI is InChI=1S/C25H27NO3S/c1-25(2,26-18-16-20-8-6-7-11-24(20)26)17-19-30(27,28)23-14-12-22(13-15-23)29-21-9-4-3-5-10-21/h3-15H,16-19H2,1-2H3. The zero-order chi connectivity index (χ0) is 21.2. The molecule has 0 spiro atoms. The molecule has 1 aliphatic heterocycles. The summed E-state index contributed by atoms with van der Waals surface area (Å²) < 4.78 is 31.7. The van der Waals surface area contributed by atoms with Gasteiger partial charge >= 0.3 is 0 Å². The van der Waals surface area contributed by atoms with Crippen molar-refractivity contribution in [2.75, 3.05) is 17.2 Å². The van der Waals surface area contributed by atoms with E-state index in [0.717, 1.165) is 18.7 Å². The summed E-state index contributed by atoms with van der Waals surface area (Å²) in [5.74, 6) is 1.45. The number of hydrogen-bond donors (Lipinski definition) is 0. The molecule has 1 aliphatic rings. The van der Waals surface area contributed by atoms with Crippen LogP contribution >= 0.6 is 0 Å². The van der Waals surface area contributed by atoms with Crippen molar-refractivity contribution >= 4 is 15.5 Å². The smallest absolute Gasteiger partial charge is 0.178 e. The van der Waals surface area contributed by atoms with Crippen molar-refractivity contribution < 1.29 is 13.2 Å². The zero-order valence-corrected chi connectivity index (χ0v) is 18.2. The van der Waals surface area contributed by atoms with E-state index in [1.165, 1.54) is 11.3 Å². The predicted molar refractivity (Wildman–Crippen MR) is 121 cm³/mol. The third-order valence-electron chi connectivity index (χ3n) is 5.76. The second-order valence-electron chi connectivity index (χ2n) is 8.30. The maximum atomic E-state index is 12.9. The molecule has 156 valence electrons. The molecule has 0 aromatic heterocycles. The van der Waals surface area contributed by atoms with Crippen LogP contribution in [0.1, 0.15) is 25.8 Å². The number of fused-ring (bicyclic) bond motifs is 1. The molecule has 4 rings (SSSR count). The number of ether oxygens (including phenoxy) is 1. The van der Waals surface area contributed by atoms with Crippen LogP contribution in [0.4, 0.5) is 5.69 Å². The summed E-state index contributed by atoms with van der Waals surface area (Å²) in [4.78, 5) is 2.68. The molecule has 4 nitrogen and oxygen atoms in total. The monoisotopic (exact) mass is 421 g/mol. The SMILES string of the molecule is CC(C)(CCS(=O)(=O)c1ccc(Oc2ccccc2)cc1)N1CCc2ccccc21. The van der Waals surface area contributed by atoms with E-state index in [-0.39, 0.29) is 11.3 Å². The summed E-state index contributed by atoms with van der Waals surface area (Å²) in [5.41, 5.74) is 2.32. The largest absolute Gasteiger partial charge is 0.457 e. The van der Waals surface area contributed by atoms with Crippen LogP contribution < -0.4 is 9.64 Å². The van der Waals surface area contributed by atoms with Crippen molar-refractivity contribution in [1.29, 1.82) is 0 Å². The summed E-state index contributed by atoms with van der Waals surface area (Å²) in [6, 6.07) is 24.5. The fraction of sp³-hybridized carbons (Fsp3) is 0.280. The highest BCUT2D eigenvalue weighted by atomic mass is 32.2. The first-order valence-corrected chi connectivity index (χ1v) is 11.9. The molecule has 0 amide bonds. The summed E-state index contributed by atoms with van der Waals surface area (Å²) in [7, 11) is -3.37. The molecule has 5 heteroatoms. The summed E-state index contributed by atoms with van der Waals surface area (Å²) in [6.45, 7) is 5.18. The first-order chi connectivity index (χ1) is 14.4. The van der Waals surface area contributed by atoms with Gasteiger partial charge in [0, 0.05) is 17.8 Å². The van der Waals surface area contributed by atoms with Gasteiger partial charge in [-0.1, -0.05) is 36.4 Å². The minimum atomic E-state index is -3.37. The quantitative estimate of drug-likeness (QED) is 0.506. The Kier molecular flexibility index (Phi) is 5.56. The predicted octanol–water partition coefficient (Wildman–Crippen LogP) is 5.48. The number of rotatable bonds is 7. The molecular weight excluding hydrogens is 394 g/mol. The van der Waals surface area contributed by atoms with Gasteiger partial charge in [0.25, 0.3) is 0 Å². The topological polar surface area (TPSA) is 46.6 Å². The highest BCUT2D eigenvalue weighted by Crippen LogP contribution is 2.35. The van der Waals surface area contributed by atoms with Crippen molar-refractivity contribution in [3.63, 3.8) is 0 Å². The number of sulfone groups is 1. The summed E-state index contributed by atoms with van der Waals surface area (Å²) in [6.07, 6.45) is 1.57.